The Kier molecular flexibility index (Phi) is 19.5. The zero-order valence-electron chi connectivity index (χ0n) is 36.8. The van der Waals surface area contributed by atoms with Crippen LogP contribution in [-0.2, 0) is 62.4 Å². The summed E-state index contributed by atoms with van der Waals surface area (Å²) in [6.07, 6.45) is -1.13. The highest BCUT2D eigenvalue weighted by Crippen LogP contribution is 2.20. The van der Waals surface area contributed by atoms with E-state index < -0.39 is 122 Å². The SMILES string of the molecule is CC(C)[C@H](N)C(=O)N[C@@H](CO)C(=O)N[C@@H](Cc1c[nH]c2ccccc12)C(=O)N[C@@H](Cc1ccccc1)C(=O)N[C@@H](Cc1ccccc1)C(=O)N[C@@H](CCC(=O)O)C(=O)N[C@@H](CC(=O)O)C(=O)O. The highest BCUT2D eigenvalue weighted by molar-refractivity contribution is 5.98. The van der Waals surface area contributed by atoms with E-state index in [1.807, 2.05) is 5.32 Å². The molecule has 0 saturated heterocycles. The van der Waals surface area contributed by atoms with Gasteiger partial charge in [0.2, 0.25) is 35.4 Å². The van der Waals surface area contributed by atoms with E-state index in [1.165, 1.54) is 0 Å². The molecule has 3 aromatic carbocycles. The fourth-order valence-electron chi connectivity index (χ4n) is 6.89. The first-order valence-corrected chi connectivity index (χ1v) is 21.3. The predicted molar refractivity (Wildman–Crippen MR) is 241 cm³/mol. The number of nitrogens with two attached hydrogens (primary N) is 1. The molecule has 4 rings (SSSR count). The number of aliphatic carboxylic acids is 3. The van der Waals surface area contributed by atoms with Crippen LogP contribution in [0.2, 0.25) is 0 Å². The van der Waals surface area contributed by atoms with Crippen molar-refractivity contribution < 1.29 is 63.6 Å². The number of hydrogen-bond donors (Lipinski definition) is 12. The summed E-state index contributed by atoms with van der Waals surface area (Å²) < 4.78 is 0. The van der Waals surface area contributed by atoms with E-state index in [9.17, 15) is 63.6 Å². The minimum absolute atomic E-state index is 0.146. The van der Waals surface area contributed by atoms with Crippen LogP contribution in [0.15, 0.2) is 91.1 Å². The normalized spacial score (nSPS) is 14.2. The van der Waals surface area contributed by atoms with E-state index in [0.717, 1.165) is 5.52 Å². The van der Waals surface area contributed by atoms with Crippen molar-refractivity contribution in [1.82, 2.24) is 36.9 Å². The van der Waals surface area contributed by atoms with Crippen LogP contribution >= 0.6 is 0 Å². The van der Waals surface area contributed by atoms with Crippen molar-refractivity contribution in [3.8, 4) is 0 Å². The van der Waals surface area contributed by atoms with Crippen LogP contribution in [-0.4, -0.2) is 128 Å². The number of fused-ring (bicyclic) bond motifs is 1. The highest BCUT2D eigenvalue weighted by atomic mass is 16.4. The van der Waals surface area contributed by atoms with Gasteiger partial charge in [0.25, 0.3) is 0 Å². The summed E-state index contributed by atoms with van der Waals surface area (Å²) >= 11 is 0. The van der Waals surface area contributed by atoms with Crippen LogP contribution in [0.25, 0.3) is 10.9 Å². The second-order valence-electron chi connectivity index (χ2n) is 16.1. The van der Waals surface area contributed by atoms with E-state index in [-0.39, 0.29) is 25.2 Å². The van der Waals surface area contributed by atoms with Crippen molar-refractivity contribution in [2.24, 2.45) is 11.7 Å². The lowest BCUT2D eigenvalue weighted by Crippen LogP contribution is -2.61. The molecule has 0 unspecified atom stereocenters. The molecule has 4 aromatic rings. The highest BCUT2D eigenvalue weighted by Gasteiger charge is 2.35. The molecule has 67 heavy (non-hydrogen) atoms. The number of rotatable bonds is 26. The lowest BCUT2D eigenvalue weighted by molar-refractivity contribution is -0.147. The van der Waals surface area contributed by atoms with Crippen molar-refractivity contribution in [3.05, 3.63) is 108 Å². The fourth-order valence-corrected chi connectivity index (χ4v) is 6.89. The van der Waals surface area contributed by atoms with Crippen molar-refractivity contribution in [1.29, 1.82) is 0 Å². The molecule has 0 fully saturated rings. The molecular weight excluding hydrogens is 873 g/mol. The molecule has 0 aliphatic carbocycles. The van der Waals surface area contributed by atoms with Crippen LogP contribution in [0.4, 0.5) is 0 Å². The molecule has 13 N–H and O–H groups in total. The largest absolute Gasteiger partial charge is 0.481 e. The summed E-state index contributed by atoms with van der Waals surface area (Å²) in [7, 11) is 0. The van der Waals surface area contributed by atoms with Crippen molar-refractivity contribution in [2.45, 2.75) is 94.7 Å². The van der Waals surface area contributed by atoms with Crippen LogP contribution in [0, 0.1) is 5.92 Å². The van der Waals surface area contributed by atoms with E-state index in [1.54, 1.807) is 105 Å². The quantitative estimate of drug-likeness (QED) is 0.0378. The third-order valence-corrected chi connectivity index (χ3v) is 10.7. The Morgan fingerprint density at radius 2 is 0.970 bits per heavy atom. The number of carboxylic acid groups (broad SMARTS) is 3. The first-order valence-electron chi connectivity index (χ1n) is 21.3. The number of aromatic nitrogens is 1. The number of carbonyl (C=O) groups is 9. The number of carboxylic acids is 3. The zero-order chi connectivity index (χ0) is 49.2. The van der Waals surface area contributed by atoms with Crippen LogP contribution in [0.1, 0.15) is 49.8 Å². The van der Waals surface area contributed by atoms with Gasteiger partial charge in [0.1, 0.15) is 36.3 Å². The third kappa shape index (κ3) is 16.1. The zero-order valence-corrected chi connectivity index (χ0v) is 36.8. The molecular formula is C46H56N8O13. The molecule has 0 radical (unpaired) electrons. The maximum atomic E-state index is 14.5. The third-order valence-electron chi connectivity index (χ3n) is 10.7. The van der Waals surface area contributed by atoms with Gasteiger partial charge in [-0.1, -0.05) is 92.7 Å². The monoisotopic (exact) mass is 928 g/mol. The Labute approximate surface area is 384 Å². The first-order chi connectivity index (χ1) is 31.9. The van der Waals surface area contributed by atoms with Gasteiger partial charge in [-0.25, -0.2) is 4.79 Å². The Morgan fingerprint density at radius 1 is 0.537 bits per heavy atom. The molecule has 0 aliphatic heterocycles. The van der Waals surface area contributed by atoms with E-state index >= 15 is 0 Å². The number of aromatic amines is 1. The summed E-state index contributed by atoms with van der Waals surface area (Å²) in [6.45, 7) is 2.54. The number of hydrogen-bond acceptors (Lipinski definition) is 11. The van der Waals surface area contributed by atoms with E-state index in [4.69, 9.17) is 5.73 Å². The summed E-state index contributed by atoms with van der Waals surface area (Å²) in [6, 6.07) is 13.4. The minimum atomic E-state index is -1.93. The van der Waals surface area contributed by atoms with Crippen LogP contribution in [0.5, 0.6) is 0 Å². The Morgan fingerprint density at radius 3 is 1.45 bits per heavy atom. The first kappa shape index (κ1) is 52.0. The standard InChI is InChI=1S/C46H56N8O13/c1-25(2)39(47)45(65)54-36(24-55)44(64)52-34(21-28-23-48-30-16-10-9-15-29(28)30)43(63)51-33(20-27-13-7-4-8-14-27)42(62)50-32(19-26-11-5-3-6-12-26)41(61)49-31(17-18-37(56)57)40(60)53-35(46(66)67)22-38(58)59/h3-16,23,25,31-36,39,48,55H,17-22,24,47H2,1-2H3,(H,49,61)(H,50,62)(H,51,63)(H,52,64)(H,53,60)(H,54,65)(H,56,57)(H,58,59)(H,66,67)/t31-,32-,33-,34-,35-,36-,39-/m0/s1. The number of carbonyl (C=O) groups excluding carboxylic acids is 6. The maximum absolute atomic E-state index is 14.5. The smallest absolute Gasteiger partial charge is 0.326 e. The van der Waals surface area contributed by atoms with E-state index in [2.05, 4.69) is 31.6 Å². The lowest BCUT2D eigenvalue weighted by atomic mass is 10.00. The van der Waals surface area contributed by atoms with Crippen LogP contribution < -0.4 is 37.6 Å². The lowest BCUT2D eigenvalue weighted by Gasteiger charge is -2.28. The fraction of sp³-hybridized carbons (Fsp3) is 0.370. The summed E-state index contributed by atoms with van der Waals surface area (Å²) in [5.41, 5.74) is 8.36. The van der Waals surface area contributed by atoms with Crippen LogP contribution in [0.3, 0.4) is 0 Å². The molecule has 1 heterocycles. The van der Waals surface area contributed by atoms with Gasteiger partial charge < -0.3 is 63.0 Å². The van der Waals surface area contributed by atoms with Gasteiger partial charge in [-0.05, 0) is 35.1 Å². The molecule has 0 spiro atoms. The average Bonchev–Trinajstić information content (AvgIpc) is 3.70. The van der Waals surface area contributed by atoms with Gasteiger partial charge in [0.05, 0.1) is 19.1 Å². The summed E-state index contributed by atoms with van der Waals surface area (Å²) in [5.74, 6) is -10.6. The Balaban J connectivity index is 1.68. The van der Waals surface area contributed by atoms with Gasteiger partial charge in [-0.2, -0.15) is 0 Å². The summed E-state index contributed by atoms with van der Waals surface area (Å²) in [5, 5.41) is 53.7. The molecule has 21 heteroatoms. The average molecular weight is 929 g/mol. The number of H-pyrrole nitrogens is 1. The number of para-hydroxylation sites is 1. The van der Waals surface area contributed by atoms with Crippen molar-refractivity contribution in [3.63, 3.8) is 0 Å². The molecule has 0 saturated carbocycles. The molecule has 7 atom stereocenters. The number of aliphatic hydroxyl groups is 1. The molecule has 1 aromatic heterocycles. The molecule has 21 nitrogen and oxygen atoms in total. The molecule has 0 bridgehead atoms. The molecule has 6 amide bonds. The van der Waals surface area contributed by atoms with Gasteiger partial charge in [-0.15, -0.1) is 0 Å². The second-order valence-corrected chi connectivity index (χ2v) is 16.1. The Bertz CT molecular complexity index is 2380. The van der Waals surface area contributed by atoms with Gasteiger partial charge in [0.15, 0.2) is 0 Å². The van der Waals surface area contributed by atoms with Gasteiger partial charge >= 0.3 is 17.9 Å². The number of benzene rings is 3. The minimum Gasteiger partial charge on any atom is -0.481 e. The number of amides is 6. The van der Waals surface area contributed by atoms with Gasteiger partial charge in [-0.3, -0.25) is 38.4 Å². The topological polar surface area (TPSA) is 349 Å². The Hall–Kier alpha value is -7.65. The van der Waals surface area contributed by atoms with Gasteiger partial charge in [0, 0.05) is 42.8 Å². The molecule has 0 aliphatic rings. The van der Waals surface area contributed by atoms with Crippen molar-refractivity contribution in [2.75, 3.05) is 6.61 Å². The van der Waals surface area contributed by atoms with E-state index in [0.29, 0.717) is 22.1 Å². The van der Waals surface area contributed by atoms with Crippen molar-refractivity contribution >= 4 is 64.3 Å². The molecule has 358 valence electrons. The summed E-state index contributed by atoms with van der Waals surface area (Å²) in [4.78, 5) is 121. The predicted octanol–water partition coefficient (Wildman–Crippen LogP) is -0.496. The second kappa shape index (κ2) is 25.2. The number of aliphatic hydroxyl groups excluding tert-OH is 1. The maximum Gasteiger partial charge on any atom is 0.326 e. The number of nitrogens with one attached hydrogen (secondary N) is 7.